The molecule has 0 radical (unpaired) electrons. The highest BCUT2D eigenvalue weighted by atomic mass is 35.5. The Bertz CT molecular complexity index is 1070. The van der Waals surface area contributed by atoms with E-state index >= 15 is 0 Å². The number of benzene rings is 1. The molecule has 2 atom stereocenters. The summed E-state index contributed by atoms with van der Waals surface area (Å²) in [6.07, 6.45) is 4.05. The second-order valence-corrected chi connectivity index (χ2v) is 6.93. The number of esters is 1. The Hall–Kier alpha value is -3.29. The van der Waals surface area contributed by atoms with Crippen molar-refractivity contribution in [2.24, 2.45) is 5.73 Å². The number of halogens is 1. The van der Waals surface area contributed by atoms with Gasteiger partial charge in [-0.15, -0.1) is 12.4 Å². The quantitative estimate of drug-likeness (QED) is 0.607. The molecule has 7 nitrogen and oxygen atoms in total. The minimum absolute atomic E-state index is 0. The molecule has 1 saturated carbocycles. The van der Waals surface area contributed by atoms with E-state index < -0.39 is 5.97 Å². The van der Waals surface area contributed by atoms with Crippen molar-refractivity contribution < 1.29 is 14.3 Å². The van der Waals surface area contributed by atoms with E-state index in [1.54, 1.807) is 24.3 Å². The number of carbonyl (C=O) groups is 2. The fraction of sp³-hybridized carbons (Fsp3) is 0.182. The molecule has 0 bridgehead atoms. The van der Waals surface area contributed by atoms with Gasteiger partial charge in [-0.2, -0.15) is 0 Å². The molecule has 2 heterocycles. The van der Waals surface area contributed by atoms with E-state index in [0.29, 0.717) is 34.1 Å². The first-order chi connectivity index (χ1) is 14.0. The molecule has 1 aromatic carbocycles. The second kappa shape index (κ2) is 9.02. The summed E-state index contributed by atoms with van der Waals surface area (Å²) >= 11 is 0. The summed E-state index contributed by atoms with van der Waals surface area (Å²) in [5.74, 6) is -0.289. The summed E-state index contributed by atoms with van der Waals surface area (Å²) < 4.78 is 4.73. The number of methoxy groups -OCH3 is 1. The van der Waals surface area contributed by atoms with Gasteiger partial charge in [0.2, 0.25) is 0 Å². The predicted molar refractivity (Wildman–Crippen MR) is 116 cm³/mol. The molecule has 1 fully saturated rings. The fourth-order valence-electron chi connectivity index (χ4n) is 3.14. The summed E-state index contributed by atoms with van der Waals surface area (Å²) in [7, 11) is 1.32. The van der Waals surface area contributed by atoms with Crippen molar-refractivity contribution in [3.63, 3.8) is 0 Å². The van der Waals surface area contributed by atoms with Gasteiger partial charge in [-0.1, -0.05) is 12.1 Å². The number of hydrogen-bond donors (Lipinski definition) is 2. The highest BCUT2D eigenvalue weighted by Crippen LogP contribution is 2.39. The normalized spacial score (nSPS) is 16.9. The Balaban J connectivity index is 0.00000256. The van der Waals surface area contributed by atoms with Crippen LogP contribution >= 0.6 is 12.4 Å². The van der Waals surface area contributed by atoms with E-state index in [-0.39, 0.29) is 24.4 Å². The van der Waals surface area contributed by atoms with E-state index in [2.05, 4.69) is 15.3 Å². The number of nitrogens with two attached hydrogens (primary N) is 1. The van der Waals surface area contributed by atoms with Gasteiger partial charge in [0.15, 0.2) is 0 Å². The van der Waals surface area contributed by atoms with Gasteiger partial charge in [0, 0.05) is 35.6 Å². The van der Waals surface area contributed by atoms with Gasteiger partial charge in [-0.3, -0.25) is 14.8 Å². The molecule has 0 spiro atoms. The SMILES string of the molecule is COC(=O)c1ccnc(-c2cc(C(=O)Nc3ccc([C@@H]4C[C@H]4N)cc3)ccn2)c1.Cl. The van der Waals surface area contributed by atoms with Crippen LogP contribution in [0.15, 0.2) is 60.9 Å². The summed E-state index contributed by atoms with van der Waals surface area (Å²) in [5, 5.41) is 2.88. The van der Waals surface area contributed by atoms with Crippen LogP contribution in [-0.4, -0.2) is 35.0 Å². The van der Waals surface area contributed by atoms with E-state index in [9.17, 15) is 9.59 Å². The molecule has 0 aliphatic heterocycles. The third-order valence-corrected chi connectivity index (χ3v) is 4.90. The number of ether oxygens (including phenoxy) is 1. The van der Waals surface area contributed by atoms with Crippen LogP contribution in [0.4, 0.5) is 5.69 Å². The van der Waals surface area contributed by atoms with Gasteiger partial charge >= 0.3 is 5.97 Å². The number of nitrogens with one attached hydrogen (secondary N) is 1. The van der Waals surface area contributed by atoms with Gasteiger partial charge < -0.3 is 15.8 Å². The van der Waals surface area contributed by atoms with Crippen LogP contribution in [-0.2, 0) is 4.74 Å². The first-order valence-corrected chi connectivity index (χ1v) is 9.23. The van der Waals surface area contributed by atoms with Crippen LogP contribution < -0.4 is 11.1 Å². The minimum atomic E-state index is -0.460. The van der Waals surface area contributed by atoms with Crippen molar-refractivity contribution in [3.8, 4) is 11.4 Å². The van der Waals surface area contributed by atoms with Gasteiger partial charge in [0.1, 0.15) is 0 Å². The number of rotatable bonds is 5. The molecule has 8 heteroatoms. The maximum absolute atomic E-state index is 12.6. The number of carbonyl (C=O) groups excluding carboxylic acids is 2. The third-order valence-electron chi connectivity index (χ3n) is 4.90. The summed E-state index contributed by atoms with van der Waals surface area (Å²) in [6, 6.07) is 14.4. The smallest absolute Gasteiger partial charge is 0.337 e. The van der Waals surface area contributed by atoms with Gasteiger partial charge in [-0.05, 0) is 48.4 Å². The molecular formula is C22H21ClN4O3. The Labute approximate surface area is 180 Å². The third kappa shape index (κ3) is 4.64. The largest absolute Gasteiger partial charge is 0.465 e. The maximum atomic E-state index is 12.6. The van der Waals surface area contributed by atoms with Crippen LogP contribution in [0.25, 0.3) is 11.4 Å². The second-order valence-electron chi connectivity index (χ2n) is 6.93. The maximum Gasteiger partial charge on any atom is 0.337 e. The monoisotopic (exact) mass is 424 g/mol. The lowest BCUT2D eigenvalue weighted by atomic mass is 10.1. The molecule has 154 valence electrons. The molecule has 30 heavy (non-hydrogen) atoms. The highest BCUT2D eigenvalue weighted by molar-refractivity contribution is 6.04. The molecule has 3 N–H and O–H groups in total. The number of pyridine rings is 2. The number of amides is 1. The molecule has 4 rings (SSSR count). The number of hydrogen-bond acceptors (Lipinski definition) is 6. The van der Waals surface area contributed by atoms with Crippen LogP contribution in [0.5, 0.6) is 0 Å². The van der Waals surface area contributed by atoms with Crippen molar-refractivity contribution in [1.82, 2.24) is 9.97 Å². The molecule has 0 unspecified atom stereocenters. The average Bonchev–Trinajstić information content (AvgIpc) is 3.50. The Morgan fingerprint density at radius 3 is 2.13 bits per heavy atom. The molecule has 0 saturated heterocycles. The predicted octanol–water partition coefficient (Wildman–Crippen LogP) is 3.42. The van der Waals surface area contributed by atoms with Crippen molar-refractivity contribution in [1.29, 1.82) is 0 Å². The van der Waals surface area contributed by atoms with Gasteiger partial charge in [0.25, 0.3) is 5.91 Å². The Morgan fingerprint density at radius 2 is 1.57 bits per heavy atom. The average molecular weight is 425 g/mol. The minimum Gasteiger partial charge on any atom is -0.465 e. The summed E-state index contributed by atoms with van der Waals surface area (Å²) in [5.41, 5.74) is 9.55. The zero-order chi connectivity index (χ0) is 20.4. The zero-order valence-corrected chi connectivity index (χ0v) is 17.1. The zero-order valence-electron chi connectivity index (χ0n) is 16.2. The van der Waals surface area contributed by atoms with Gasteiger partial charge in [0.05, 0.1) is 24.1 Å². The number of aromatic nitrogens is 2. The first-order valence-electron chi connectivity index (χ1n) is 9.23. The molecule has 3 aromatic rings. The summed E-state index contributed by atoms with van der Waals surface area (Å²) in [4.78, 5) is 32.9. The topological polar surface area (TPSA) is 107 Å². The van der Waals surface area contributed by atoms with E-state index in [1.807, 2.05) is 24.3 Å². The van der Waals surface area contributed by atoms with Crippen molar-refractivity contribution >= 4 is 30.0 Å². The van der Waals surface area contributed by atoms with Crippen LogP contribution in [0.2, 0.25) is 0 Å². The van der Waals surface area contributed by atoms with Crippen LogP contribution in [0.3, 0.4) is 0 Å². The highest BCUT2D eigenvalue weighted by Gasteiger charge is 2.34. The molecule has 2 aromatic heterocycles. The number of anilines is 1. The van der Waals surface area contributed by atoms with E-state index in [4.69, 9.17) is 10.5 Å². The Morgan fingerprint density at radius 1 is 1.00 bits per heavy atom. The lowest BCUT2D eigenvalue weighted by Gasteiger charge is -2.08. The van der Waals surface area contributed by atoms with Crippen molar-refractivity contribution in [2.75, 3.05) is 12.4 Å². The Kier molecular flexibility index (Phi) is 6.44. The first kappa shape index (κ1) is 21.4. The fourth-order valence-corrected chi connectivity index (χ4v) is 3.14. The molecular weight excluding hydrogens is 404 g/mol. The van der Waals surface area contributed by atoms with Gasteiger partial charge in [-0.25, -0.2) is 4.79 Å². The lowest BCUT2D eigenvalue weighted by molar-refractivity contribution is 0.0600. The molecule has 1 aliphatic rings. The molecule has 1 aliphatic carbocycles. The van der Waals surface area contributed by atoms with Crippen molar-refractivity contribution in [2.45, 2.75) is 18.4 Å². The van der Waals surface area contributed by atoms with Crippen molar-refractivity contribution in [3.05, 3.63) is 77.6 Å². The molecule has 1 amide bonds. The van der Waals surface area contributed by atoms with E-state index in [0.717, 1.165) is 6.42 Å². The summed E-state index contributed by atoms with van der Waals surface area (Å²) in [6.45, 7) is 0. The standard InChI is InChI=1S/C22H20N4O3.ClH/c1-29-22(28)15-7-9-25-20(11-15)19-10-14(6-8-24-19)21(27)26-16-4-2-13(3-5-16)17-12-18(17)23;/h2-11,17-18H,12,23H2,1H3,(H,26,27);1H/t17-,18+;/m0./s1. The van der Waals surface area contributed by atoms with Crippen LogP contribution in [0, 0.1) is 0 Å². The van der Waals surface area contributed by atoms with E-state index in [1.165, 1.54) is 25.1 Å². The number of nitrogens with zero attached hydrogens (tertiary/aromatic N) is 2. The van der Waals surface area contributed by atoms with Crippen LogP contribution in [0.1, 0.15) is 38.6 Å². The lowest BCUT2D eigenvalue weighted by Crippen LogP contribution is -2.12.